The number of ether oxygens (including phenoxy) is 1. The van der Waals surface area contributed by atoms with Gasteiger partial charge >= 0.3 is 0 Å². The van der Waals surface area contributed by atoms with Gasteiger partial charge in [0.15, 0.2) is 0 Å². The second-order valence-electron chi connectivity index (χ2n) is 5.67. The zero-order valence-electron chi connectivity index (χ0n) is 14.8. The molecule has 0 aromatic heterocycles. The molecule has 0 radical (unpaired) electrons. The quantitative estimate of drug-likeness (QED) is 0.661. The Bertz CT molecular complexity index is 781. The third kappa shape index (κ3) is 6.07. The molecule has 2 aromatic rings. The average molecular weight is 437 g/mol. The number of hydrogen-bond acceptors (Lipinski definition) is 4. The summed E-state index contributed by atoms with van der Waals surface area (Å²) in [6.07, 6.45) is 0. The van der Waals surface area contributed by atoms with Crippen molar-refractivity contribution in [2.75, 3.05) is 17.7 Å². The summed E-state index contributed by atoms with van der Waals surface area (Å²) in [6.45, 7) is 3.30. The van der Waals surface area contributed by atoms with Crippen LogP contribution < -0.4 is 15.4 Å². The molecule has 26 heavy (non-hydrogen) atoms. The maximum Gasteiger partial charge on any atom is 0.237 e. The van der Waals surface area contributed by atoms with Crippen molar-refractivity contribution < 1.29 is 14.3 Å². The third-order valence-electron chi connectivity index (χ3n) is 3.56. The van der Waals surface area contributed by atoms with Crippen LogP contribution in [0.3, 0.4) is 0 Å². The molecule has 0 heterocycles. The third-order valence-corrected chi connectivity index (χ3v) is 5.30. The summed E-state index contributed by atoms with van der Waals surface area (Å²) in [6, 6.07) is 13.1. The number of amides is 2. The minimum absolute atomic E-state index is 0.120. The van der Waals surface area contributed by atoms with E-state index in [1.54, 1.807) is 30.0 Å². The lowest BCUT2D eigenvalue weighted by Crippen LogP contribution is -2.23. The highest BCUT2D eigenvalue weighted by molar-refractivity contribution is 9.10. The van der Waals surface area contributed by atoms with E-state index in [-0.39, 0.29) is 17.1 Å². The maximum absolute atomic E-state index is 12.5. The molecular weight excluding hydrogens is 416 g/mol. The van der Waals surface area contributed by atoms with Gasteiger partial charge in [-0.2, -0.15) is 0 Å². The summed E-state index contributed by atoms with van der Waals surface area (Å²) < 4.78 is 6.32. The molecule has 0 aliphatic heterocycles. The second-order valence-corrected chi connectivity index (χ2v) is 7.91. The normalized spacial score (nSPS) is 11.5. The van der Waals surface area contributed by atoms with Gasteiger partial charge in [-0.3, -0.25) is 9.59 Å². The zero-order chi connectivity index (χ0) is 19.1. The Hall–Kier alpha value is -1.99. The predicted octanol–water partition coefficient (Wildman–Crippen LogP) is 4.68. The predicted molar refractivity (Wildman–Crippen MR) is 111 cm³/mol. The van der Waals surface area contributed by atoms with Crippen molar-refractivity contribution >= 4 is 50.9 Å². The van der Waals surface area contributed by atoms with Gasteiger partial charge in [-0.05, 0) is 42.8 Å². The van der Waals surface area contributed by atoms with E-state index in [0.29, 0.717) is 17.1 Å². The Morgan fingerprint density at radius 3 is 2.46 bits per heavy atom. The van der Waals surface area contributed by atoms with Crippen LogP contribution in [0.15, 0.2) is 46.9 Å². The number of carbonyl (C=O) groups excluding carboxylic acids is 2. The lowest BCUT2D eigenvalue weighted by Gasteiger charge is -2.15. The first-order valence-corrected chi connectivity index (χ1v) is 9.85. The minimum Gasteiger partial charge on any atom is -0.495 e. The van der Waals surface area contributed by atoms with Gasteiger partial charge in [0.25, 0.3) is 0 Å². The number of benzene rings is 2. The zero-order valence-corrected chi connectivity index (χ0v) is 17.2. The summed E-state index contributed by atoms with van der Waals surface area (Å²) in [5, 5.41) is 5.33. The molecule has 0 bridgehead atoms. The van der Waals surface area contributed by atoms with Crippen molar-refractivity contribution in [3.63, 3.8) is 0 Å². The molecule has 2 N–H and O–H groups in total. The van der Waals surface area contributed by atoms with Crippen LogP contribution in [0.4, 0.5) is 11.4 Å². The molecule has 2 aromatic carbocycles. The van der Waals surface area contributed by atoms with E-state index in [1.165, 1.54) is 14.0 Å². The monoisotopic (exact) mass is 436 g/mol. The summed E-state index contributed by atoms with van der Waals surface area (Å²) in [5.74, 6) is 0.985. The topological polar surface area (TPSA) is 67.4 Å². The molecule has 2 rings (SSSR count). The Kier molecular flexibility index (Phi) is 7.53. The molecule has 5 nitrogen and oxygen atoms in total. The highest BCUT2D eigenvalue weighted by Crippen LogP contribution is 2.29. The molecule has 0 fully saturated rings. The largest absolute Gasteiger partial charge is 0.495 e. The standard InChI is InChI=1S/C19H21BrN2O3S/c1-12(26-11-14-4-6-15(20)7-5-14)19(24)22-17-10-16(21-13(2)23)8-9-18(17)25-3/h4-10,12H,11H2,1-3H3,(H,21,23)(H,22,24)/t12-/m0/s1. The molecule has 0 saturated heterocycles. The summed E-state index contributed by atoms with van der Waals surface area (Å²) in [7, 11) is 1.54. The molecule has 0 spiro atoms. The van der Waals surface area contributed by atoms with Crippen molar-refractivity contribution in [2.24, 2.45) is 0 Å². The van der Waals surface area contributed by atoms with E-state index in [9.17, 15) is 9.59 Å². The lowest BCUT2D eigenvalue weighted by atomic mass is 10.2. The van der Waals surface area contributed by atoms with E-state index >= 15 is 0 Å². The fourth-order valence-electron chi connectivity index (χ4n) is 2.20. The van der Waals surface area contributed by atoms with Gasteiger partial charge in [0, 0.05) is 22.8 Å². The molecule has 7 heteroatoms. The fraction of sp³-hybridized carbons (Fsp3) is 0.263. The van der Waals surface area contributed by atoms with Crippen LogP contribution in [-0.2, 0) is 15.3 Å². The molecule has 0 aliphatic carbocycles. The van der Waals surface area contributed by atoms with E-state index in [2.05, 4.69) is 26.6 Å². The van der Waals surface area contributed by atoms with Gasteiger partial charge in [0.2, 0.25) is 11.8 Å². The maximum atomic E-state index is 12.5. The van der Waals surface area contributed by atoms with E-state index in [1.807, 2.05) is 31.2 Å². The van der Waals surface area contributed by atoms with Gasteiger partial charge in [-0.15, -0.1) is 11.8 Å². The van der Waals surface area contributed by atoms with Crippen LogP contribution in [0.5, 0.6) is 5.75 Å². The van der Waals surface area contributed by atoms with E-state index in [4.69, 9.17) is 4.74 Å². The molecule has 2 amide bonds. The van der Waals surface area contributed by atoms with Crippen molar-refractivity contribution in [3.8, 4) is 5.75 Å². The smallest absolute Gasteiger partial charge is 0.237 e. The number of rotatable bonds is 7. The highest BCUT2D eigenvalue weighted by atomic mass is 79.9. The van der Waals surface area contributed by atoms with Gasteiger partial charge in [-0.25, -0.2) is 0 Å². The first-order valence-electron chi connectivity index (χ1n) is 8.01. The van der Waals surface area contributed by atoms with Gasteiger partial charge in [0.1, 0.15) is 5.75 Å². The summed E-state index contributed by atoms with van der Waals surface area (Å²) in [4.78, 5) is 23.7. The van der Waals surface area contributed by atoms with Crippen LogP contribution in [0.25, 0.3) is 0 Å². The summed E-state index contributed by atoms with van der Waals surface area (Å²) >= 11 is 4.96. The highest BCUT2D eigenvalue weighted by Gasteiger charge is 2.16. The second kappa shape index (κ2) is 9.64. The SMILES string of the molecule is COc1ccc(NC(C)=O)cc1NC(=O)[C@H](C)SCc1ccc(Br)cc1. The number of thioether (sulfide) groups is 1. The Labute approximate surface area is 166 Å². The molecule has 0 saturated carbocycles. The number of anilines is 2. The van der Waals surface area contributed by atoms with E-state index < -0.39 is 0 Å². The van der Waals surface area contributed by atoms with Crippen molar-refractivity contribution in [1.29, 1.82) is 0 Å². The number of carbonyl (C=O) groups is 2. The minimum atomic E-state index is -0.243. The lowest BCUT2D eigenvalue weighted by molar-refractivity contribution is -0.115. The van der Waals surface area contributed by atoms with Crippen LogP contribution in [0.1, 0.15) is 19.4 Å². The van der Waals surface area contributed by atoms with Crippen LogP contribution in [0, 0.1) is 0 Å². The Morgan fingerprint density at radius 1 is 1.15 bits per heavy atom. The van der Waals surface area contributed by atoms with Crippen molar-refractivity contribution in [1.82, 2.24) is 0 Å². The van der Waals surface area contributed by atoms with Gasteiger partial charge in [-0.1, -0.05) is 28.1 Å². The number of hydrogen-bond donors (Lipinski definition) is 2. The van der Waals surface area contributed by atoms with Crippen LogP contribution in [0.2, 0.25) is 0 Å². The molecule has 1 atom stereocenters. The van der Waals surface area contributed by atoms with Crippen molar-refractivity contribution in [2.45, 2.75) is 24.9 Å². The Balaban J connectivity index is 2.00. The van der Waals surface area contributed by atoms with Gasteiger partial charge in [0.05, 0.1) is 18.0 Å². The van der Waals surface area contributed by atoms with Gasteiger partial charge < -0.3 is 15.4 Å². The molecule has 0 unspecified atom stereocenters. The first-order chi connectivity index (χ1) is 12.4. The first kappa shape index (κ1) is 20.3. The molecule has 138 valence electrons. The fourth-order valence-corrected chi connectivity index (χ4v) is 3.31. The number of methoxy groups -OCH3 is 1. The van der Waals surface area contributed by atoms with Crippen molar-refractivity contribution in [3.05, 3.63) is 52.5 Å². The van der Waals surface area contributed by atoms with Crippen LogP contribution in [-0.4, -0.2) is 24.2 Å². The number of nitrogens with one attached hydrogen (secondary N) is 2. The molecule has 0 aliphatic rings. The number of halogens is 1. The Morgan fingerprint density at radius 2 is 1.85 bits per heavy atom. The summed E-state index contributed by atoms with van der Waals surface area (Å²) in [5.41, 5.74) is 2.28. The molecular formula is C19H21BrN2O3S. The van der Waals surface area contributed by atoms with E-state index in [0.717, 1.165) is 15.8 Å². The average Bonchev–Trinajstić information content (AvgIpc) is 2.60. The van der Waals surface area contributed by atoms with Crippen LogP contribution >= 0.6 is 27.7 Å².